The van der Waals surface area contributed by atoms with Gasteiger partial charge >= 0.3 is 0 Å². The highest BCUT2D eigenvalue weighted by molar-refractivity contribution is 7.89. The van der Waals surface area contributed by atoms with Crippen LogP contribution in [-0.2, 0) is 10.0 Å². The molecule has 4 nitrogen and oxygen atoms in total. The summed E-state index contributed by atoms with van der Waals surface area (Å²) in [6, 6.07) is 6.80. The third-order valence-corrected chi connectivity index (χ3v) is 4.30. The maximum Gasteiger partial charge on any atom is 0.240 e. The normalized spacial score (nSPS) is 13.3. The molecular formula is C13H22N2O2S. The molecule has 1 atom stereocenters. The molecule has 1 rings (SSSR count). The van der Waals surface area contributed by atoms with Crippen molar-refractivity contribution < 1.29 is 8.42 Å². The fourth-order valence-corrected chi connectivity index (χ4v) is 2.60. The van der Waals surface area contributed by atoms with Gasteiger partial charge in [0.25, 0.3) is 0 Å². The lowest BCUT2D eigenvalue weighted by Gasteiger charge is -2.11. The van der Waals surface area contributed by atoms with E-state index in [0.717, 1.165) is 18.7 Å². The molecule has 0 aliphatic heterocycles. The second kappa shape index (κ2) is 6.75. The lowest BCUT2D eigenvalue weighted by atomic mass is 10.1. The van der Waals surface area contributed by atoms with Gasteiger partial charge in [0.05, 0.1) is 4.90 Å². The average Bonchev–Trinajstić information content (AvgIpc) is 2.37. The summed E-state index contributed by atoms with van der Waals surface area (Å²) in [4.78, 5) is 0.312. The van der Waals surface area contributed by atoms with E-state index in [1.165, 1.54) is 0 Å². The number of hydrogen-bond donors (Lipinski definition) is 2. The molecule has 102 valence electrons. The number of anilines is 1. The van der Waals surface area contributed by atoms with E-state index in [1.54, 1.807) is 24.3 Å². The van der Waals surface area contributed by atoms with E-state index in [1.807, 2.05) is 20.8 Å². The molecule has 0 heterocycles. The van der Waals surface area contributed by atoms with Crippen molar-refractivity contribution in [2.24, 2.45) is 5.92 Å². The Morgan fingerprint density at radius 1 is 1.17 bits per heavy atom. The zero-order valence-electron chi connectivity index (χ0n) is 11.2. The number of nitrogens with one attached hydrogen (secondary N) is 2. The van der Waals surface area contributed by atoms with Crippen LogP contribution in [0.1, 0.15) is 27.2 Å². The Morgan fingerprint density at radius 3 is 2.28 bits per heavy atom. The molecular weight excluding hydrogens is 248 g/mol. The van der Waals surface area contributed by atoms with Crippen LogP contribution in [0.25, 0.3) is 0 Å². The van der Waals surface area contributed by atoms with Crippen LogP contribution in [-0.4, -0.2) is 21.5 Å². The minimum absolute atomic E-state index is 0.312. The van der Waals surface area contributed by atoms with Crippen molar-refractivity contribution in [3.63, 3.8) is 0 Å². The summed E-state index contributed by atoms with van der Waals surface area (Å²) in [5, 5.41) is 3.13. The molecule has 0 saturated heterocycles. The lowest BCUT2D eigenvalue weighted by Crippen LogP contribution is -2.28. The lowest BCUT2D eigenvalue weighted by molar-refractivity contribution is 0.528. The SMILES string of the molecule is CCNc1ccc(S(=O)(=O)NCC(C)CC)cc1. The Morgan fingerprint density at radius 2 is 1.78 bits per heavy atom. The molecule has 0 spiro atoms. The Bertz CT molecular complexity index is 454. The largest absolute Gasteiger partial charge is 0.385 e. The highest BCUT2D eigenvalue weighted by atomic mass is 32.2. The molecule has 1 unspecified atom stereocenters. The van der Waals surface area contributed by atoms with E-state index in [-0.39, 0.29) is 0 Å². The van der Waals surface area contributed by atoms with Gasteiger partial charge in [-0.05, 0) is 37.1 Å². The fourth-order valence-electron chi connectivity index (χ4n) is 1.44. The van der Waals surface area contributed by atoms with Crippen LogP contribution < -0.4 is 10.0 Å². The Hall–Kier alpha value is -1.07. The van der Waals surface area contributed by atoms with Crippen molar-refractivity contribution in [1.29, 1.82) is 0 Å². The van der Waals surface area contributed by atoms with Gasteiger partial charge in [-0.15, -0.1) is 0 Å². The van der Waals surface area contributed by atoms with Gasteiger partial charge in [0, 0.05) is 18.8 Å². The van der Waals surface area contributed by atoms with Crippen LogP contribution in [0.3, 0.4) is 0 Å². The van der Waals surface area contributed by atoms with Crippen LogP contribution in [0, 0.1) is 5.92 Å². The summed E-state index contributed by atoms with van der Waals surface area (Å²) >= 11 is 0. The standard InChI is InChI=1S/C13H22N2O2S/c1-4-11(3)10-15-18(16,17)13-8-6-12(7-9-13)14-5-2/h6-9,11,14-15H,4-5,10H2,1-3H3. The average molecular weight is 270 g/mol. The predicted molar refractivity (Wildman–Crippen MR) is 75.2 cm³/mol. The number of rotatable bonds is 7. The summed E-state index contributed by atoms with van der Waals surface area (Å²) in [6.07, 6.45) is 0.960. The highest BCUT2D eigenvalue weighted by Gasteiger charge is 2.14. The number of sulfonamides is 1. The zero-order chi connectivity index (χ0) is 13.6. The van der Waals surface area contributed by atoms with E-state index in [4.69, 9.17) is 0 Å². The van der Waals surface area contributed by atoms with Crippen LogP contribution in [0.5, 0.6) is 0 Å². The van der Waals surface area contributed by atoms with E-state index < -0.39 is 10.0 Å². The van der Waals surface area contributed by atoms with Crippen molar-refractivity contribution in [2.45, 2.75) is 32.1 Å². The van der Waals surface area contributed by atoms with Crippen molar-refractivity contribution in [3.05, 3.63) is 24.3 Å². The summed E-state index contributed by atoms with van der Waals surface area (Å²) in [5.41, 5.74) is 0.929. The summed E-state index contributed by atoms with van der Waals surface area (Å²) in [7, 11) is -3.37. The molecule has 2 N–H and O–H groups in total. The zero-order valence-corrected chi connectivity index (χ0v) is 12.0. The number of hydrogen-bond acceptors (Lipinski definition) is 3. The third-order valence-electron chi connectivity index (χ3n) is 2.86. The molecule has 0 saturated carbocycles. The molecule has 0 radical (unpaired) electrons. The van der Waals surface area contributed by atoms with Crippen molar-refractivity contribution in [2.75, 3.05) is 18.4 Å². The maximum atomic E-state index is 12.0. The first-order valence-electron chi connectivity index (χ1n) is 6.33. The Kier molecular flexibility index (Phi) is 5.62. The third kappa shape index (κ3) is 4.31. The molecule has 1 aromatic rings. The Labute approximate surface area is 110 Å². The minimum atomic E-state index is -3.37. The van der Waals surface area contributed by atoms with Crippen molar-refractivity contribution in [1.82, 2.24) is 4.72 Å². The summed E-state index contributed by atoms with van der Waals surface area (Å²) in [5.74, 6) is 0.348. The molecule has 0 aliphatic rings. The maximum absolute atomic E-state index is 12.0. The second-order valence-corrected chi connectivity index (χ2v) is 6.19. The smallest absolute Gasteiger partial charge is 0.240 e. The van der Waals surface area contributed by atoms with E-state index >= 15 is 0 Å². The molecule has 0 aromatic heterocycles. The first-order chi connectivity index (χ1) is 8.49. The van der Waals surface area contributed by atoms with Gasteiger partial charge in [-0.1, -0.05) is 20.3 Å². The monoisotopic (exact) mass is 270 g/mol. The van der Waals surface area contributed by atoms with Gasteiger partial charge in [-0.25, -0.2) is 13.1 Å². The summed E-state index contributed by atoms with van der Waals surface area (Å²) in [6.45, 7) is 7.37. The van der Waals surface area contributed by atoms with E-state index in [2.05, 4.69) is 10.0 Å². The molecule has 0 bridgehead atoms. The van der Waals surface area contributed by atoms with Crippen LogP contribution in [0.4, 0.5) is 5.69 Å². The van der Waals surface area contributed by atoms with Crippen LogP contribution in [0.15, 0.2) is 29.2 Å². The van der Waals surface area contributed by atoms with Crippen molar-refractivity contribution >= 4 is 15.7 Å². The second-order valence-electron chi connectivity index (χ2n) is 4.42. The predicted octanol–water partition coefficient (Wildman–Crippen LogP) is 2.44. The highest BCUT2D eigenvalue weighted by Crippen LogP contribution is 2.14. The van der Waals surface area contributed by atoms with Gasteiger partial charge in [0.2, 0.25) is 10.0 Å². The van der Waals surface area contributed by atoms with E-state index in [0.29, 0.717) is 17.4 Å². The van der Waals surface area contributed by atoms with Gasteiger partial charge < -0.3 is 5.32 Å². The minimum Gasteiger partial charge on any atom is -0.385 e. The molecule has 1 aromatic carbocycles. The molecule has 18 heavy (non-hydrogen) atoms. The van der Waals surface area contributed by atoms with E-state index in [9.17, 15) is 8.42 Å². The van der Waals surface area contributed by atoms with Crippen LogP contribution in [0.2, 0.25) is 0 Å². The van der Waals surface area contributed by atoms with Crippen LogP contribution >= 0.6 is 0 Å². The first-order valence-corrected chi connectivity index (χ1v) is 7.81. The molecule has 0 amide bonds. The quantitative estimate of drug-likeness (QED) is 0.800. The van der Waals surface area contributed by atoms with Gasteiger partial charge in [-0.3, -0.25) is 0 Å². The summed E-state index contributed by atoms with van der Waals surface area (Å²) < 4.78 is 26.6. The fraction of sp³-hybridized carbons (Fsp3) is 0.538. The molecule has 5 heteroatoms. The van der Waals surface area contributed by atoms with Gasteiger partial charge in [-0.2, -0.15) is 0 Å². The topological polar surface area (TPSA) is 58.2 Å². The van der Waals surface area contributed by atoms with Gasteiger partial charge in [0.15, 0.2) is 0 Å². The van der Waals surface area contributed by atoms with Crippen molar-refractivity contribution in [3.8, 4) is 0 Å². The molecule has 0 aliphatic carbocycles. The Balaban J connectivity index is 2.72. The number of benzene rings is 1. The first kappa shape index (κ1) is 15.0. The molecule has 0 fully saturated rings. The van der Waals surface area contributed by atoms with Gasteiger partial charge in [0.1, 0.15) is 0 Å².